The van der Waals surface area contributed by atoms with Crippen molar-refractivity contribution in [2.24, 2.45) is 0 Å². The van der Waals surface area contributed by atoms with Crippen molar-refractivity contribution in [1.29, 1.82) is 0 Å². The molecule has 0 saturated carbocycles. The quantitative estimate of drug-likeness (QED) is 0.177. The number of aromatic amines is 2. The van der Waals surface area contributed by atoms with Crippen LogP contribution in [-0.4, -0.2) is 19.9 Å². The van der Waals surface area contributed by atoms with Crippen molar-refractivity contribution in [2.75, 3.05) is 0 Å². The molecule has 8 heteroatoms. The van der Waals surface area contributed by atoms with Crippen LogP contribution in [0.25, 0.3) is 91.5 Å². The topological polar surface area (TPSA) is 96.8 Å². The molecule has 0 amide bonds. The van der Waals surface area contributed by atoms with Crippen molar-refractivity contribution < 1.29 is 13.3 Å². The lowest BCUT2D eigenvalue weighted by molar-refractivity contribution is 0.582. The molecule has 46 heavy (non-hydrogen) atoms. The Morgan fingerprint density at radius 1 is 0.435 bits per heavy atom. The number of H-pyrrole nitrogens is 2. The van der Waals surface area contributed by atoms with Gasteiger partial charge in [0.25, 0.3) is 0 Å². The van der Waals surface area contributed by atoms with Crippen molar-refractivity contribution in [1.82, 2.24) is 19.9 Å². The van der Waals surface area contributed by atoms with Crippen LogP contribution in [0, 0.1) is 3.57 Å². The van der Waals surface area contributed by atoms with Crippen LogP contribution in [-0.2, 0) is 0 Å². The fourth-order valence-corrected chi connectivity index (χ4v) is 6.53. The second kappa shape index (κ2) is 10.8. The molecule has 0 atom stereocenters. The predicted molar refractivity (Wildman–Crippen MR) is 190 cm³/mol. The number of hydrogen-bond acceptors (Lipinski definition) is 5. The molecule has 8 heterocycles. The van der Waals surface area contributed by atoms with Gasteiger partial charge >= 0.3 is 0 Å². The number of hydrogen-bond donors (Lipinski definition) is 2. The largest absolute Gasteiger partial charge is 0.464 e. The Morgan fingerprint density at radius 3 is 1.17 bits per heavy atom. The third-order valence-corrected chi connectivity index (χ3v) is 8.91. The van der Waals surface area contributed by atoms with Crippen LogP contribution in [0.2, 0.25) is 0 Å². The summed E-state index contributed by atoms with van der Waals surface area (Å²) in [5.74, 6) is 2.12. The number of nitrogens with one attached hydrogen (secondary N) is 2. The van der Waals surface area contributed by atoms with Gasteiger partial charge in [0, 0.05) is 14.7 Å². The van der Waals surface area contributed by atoms with Gasteiger partial charge in [-0.05, 0) is 125 Å². The number of halogens is 1. The molecule has 0 aliphatic carbocycles. The van der Waals surface area contributed by atoms with Gasteiger partial charge in [-0.2, -0.15) is 0 Å². The summed E-state index contributed by atoms with van der Waals surface area (Å²) in [6.45, 7) is 0. The Morgan fingerprint density at radius 2 is 0.804 bits per heavy atom. The zero-order valence-corrected chi connectivity index (χ0v) is 26.3. The predicted octanol–water partition coefficient (Wildman–Crippen LogP) is 10.7. The van der Waals surface area contributed by atoms with Crippen molar-refractivity contribution in [3.05, 3.63) is 130 Å². The molecule has 7 aromatic rings. The second-order valence-corrected chi connectivity index (χ2v) is 12.2. The molecule has 9 rings (SSSR count). The highest BCUT2D eigenvalue weighted by molar-refractivity contribution is 14.1. The van der Waals surface area contributed by atoms with Crippen LogP contribution in [0.4, 0.5) is 0 Å². The van der Waals surface area contributed by atoms with Crippen molar-refractivity contribution >= 4 is 69.0 Å². The van der Waals surface area contributed by atoms with E-state index in [0.717, 1.165) is 76.2 Å². The Labute approximate surface area is 276 Å². The highest BCUT2D eigenvalue weighted by Gasteiger charge is 2.20. The Balaban J connectivity index is 1.48. The first-order valence-corrected chi connectivity index (χ1v) is 15.8. The summed E-state index contributed by atoms with van der Waals surface area (Å²) in [5.41, 5.74) is 11.2. The molecular weight excluding hydrogens is 687 g/mol. The van der Waals surface area contributed by atoms with Gasteiger partial charge in [-0.3, -0.25) is 0 Å². The first kappa shape index (κ1) is 26.8. The zero-order chi connectivity index (χ0) is 30.6. The molecule has 220 valence electrons. The van der Waals surface area contributed by atoms with Crippen molar-refractivity contribution in [2.45, 2.75) is 0 Å². The Hall–Kier alpha value is -5.61. The zero-order valence-electron chi connectivity index (χ0n) is 24.1. The molecule has 0 unspecified atom stereocenters. The summed E-state index contributed by atoms with van der Waals surface area (Å²) < 4.78 is 19.0. The molecule has 2 N–H and O–H groups in total. The Kier molecular flexibility index (Phi) is 6.27. The van der Waals surface area contributed by atoms with Gasteiger partial charge in [0.2, 0.25) is 0 Å². The van der Waals surface area contributed by atoms with E-state index in [2.05, 4.69) is 75.0 Å². The van der Waals surface area contributed by atoms with Gasteiger partial charge in [-0.25, -0.2) is 9.97 Å². The number of aromatic nitrogens is 4. The maximum atomic E-state index is 5.97. The molecule has 7 nitrogen and oxygen atoms in total. The molecular formula is C38H23IN4O3. The highest BCUT2D eigenvalue weighted by atomic mass is 127. The van der Waals surface area contributed by atoms with Crippen molar-refractivity contribution in [3.63, 3.8) is 0 Å². The second-order valence-electron chi connectivity index (χ2n) is 10.9. The monoisotopic (exact) mass is 710 g/mol. The summed E-state index contributed by atoms with van der Waals surface area (Å²) in [7, 11) is 0. The minimum Gasteiger partial charge on any atom is -0.464 e. The third-order valence-electron chi connectivity index (χ3n) is 8.19. The fraction of sp³-hybridized carbons (Fsp3) is 0. The number of furan rings is 3. The van der Waals surface area contributed by atoms with E-state index in [4.69, 9.17) is 23.2 Å². The lowest BCUT2D eigenvalue weighted by Gasteiger charge is -2.05. The third kappa shape index (κ3) is 4.49. The standard InChI is InChI=1S/C38H23IN4O3/c39-23-9-7-22(8-10-23)35-24-11-13-26(40-24)36(32-4-1-19-44-32)28-15-17-30(42-28)38(34-6-3-21-46-34)31-18-16-29(43-31)37(33-5-2-20-45-33)27-14-12-25(35)41-27/h1-21,40,43H. The number of benzene rings is 1. The summed E-state index contributed by atoms with van der Waals surface area (Å²) in [6, 6.07) is 28.3. The first-order chi connectivity index (χ1) is 22.7. The van der Waals surface area contributed by atoms with E-state index in [1.54, 1.807) is 18.8 Å². The van der Waals surface area contributed by atoms with E-state index >= 15 is 0 Å². The van der Waals surface area contributed by atoms with Crippen LogP contribution in [0.3, 0.4) is 0 Å². The SMILES string of the molecule is Ic1ccc(-c2c3nc(c(-c4ccco4)c4ccc([nH]4)c(-c4ccco4)c4nc(c(-c5ccco5)c5ccc2[nH]5)C=C4)C=C3)cc1. The lowest BCUT2D eigenvalue weighted by atomic mass is 10.0. The van der Waals surface area contributed by atoms with Gasteiger partial charge in [-0.1, -0.05) is 12.1 Å². The lowest BCUT2D eigenvalue weighted by Crippen LogP contribution is -1.88. The van der Waals surface area contributed by atoms with E-state index < -0.39 is 0 Å². The van der Waals surface area contributed by atoms with Gasteiger partial charge in [-0.15, -0.1) is 0 Å². The van der Waals surface area contributed by atoms with Crippen LogP contribution in [0.1, 0.15) is 22.8 Å². The van der Waals surface area contributed by atoms with E-state index in [9.17, 15) is 0 Å². The highest BCUT2D eigenvalue weighted by Crippen LogP contribution is 2.38. The summed E-state index contributed by atoms with van der Waals surface area (Å²) in [5, 5.41) is 0. The fourth-order valence-electron chi connectivity index (χ4n) is 6.17. The average molecular weight is 711 g/mol. The maximum Gasteiger partial charge on any atom is 0.138 e. The molecule has 0 fully saturated rings. The van der Waals surface area contributed by atoms with E-state index in [0.29, 0.717) is 17.3 Å². The number of fused-ring (bicyclic) bond motifs is 8. The molecule has 8 bridgehead atoms. The van der Waals surface area contributed by atoms with Crippen LogP contribution in [0.15, 0.2) is 117 Å². The average Bonchev–Trinajstić information content (AvgIpc) is 3.91. The van der Waals surface area contributed by atoms with E-state index in [-0.39, 0.29) is 0 Å². The molecule has 0 radical (unpaired) electrons. The number of nitrogens with zero attached hydrogens (tertiary/aromatic N) is 2. The minimum absolute atomic E-state index is 0.700. The summed E-state index contributed by atoms with van der Waals surface area (Å²) in [4.78, 5) is 17.7. The number of rotatable bonds is 4. The van der Waals surface area contributed by atoms with Crippen LogP contribution in [0.5, 0.6) is 0 Å². The Bertz CT molecular complexity index is 2430. The molecule has 6 aromatic heterocycles. The van der Waals surface area contributed by atoms with Crippen molar-refractivity contribution in [3.8, 4) is 45.1 Å². The molecule has 1 aromatic carbocycles. The smallest absolute Gasteiger partial charge is 0.138 e. The van der Waals surface area contributed by atoms with Gasteiger partial charge in [0.05, 0.1) is 74.8 Å². The molecule has 2 aliphatic rings. The summed E-state index contributed by atoms with van der Waals surface area (Å²) >= 11 is 2.33. The van der Waals surface area contributed by atoms with Crippen LogP contribution < -0.4 is 0 Å². The molecule has 0 saturated heterocycles. The van der Waals surface area contributed by atoms with E-state index in [1.165, 1.54) is 0 Å². The first-order valence-electron chi connectivity index (χ1n) is 14.7. The van der Waals surface area contributed by atoms with Gasteiger partial charge < -0.3 is 23.2 Å². The maximum absolute atomic E-state index is 5.97. The summed E-state index contributed by atoms with van der Waals surface area (Å²) in [6.07, 6.45) is 13.2. The molecule has 0 spiro atoms. The normalized spacial score (nSPS) is 12.3. The molecule has 2 aliphatic heterocycles. The van der Waals surface area contributed by atoms with Gasteiger partial charge in [0.1, 0.15) is 17.3 Å². The van der Waals surface area contributed by atoms with E-state index in [1.807, 2.05) is 66.8 Å². The van der Waals surface area contributed by atoms with Gasteiger partial charge in [0.15, 0.2) is 0 Å². The minimum atomic E-state index is 0.700. The van der Waals surface area contributed by atoms with Crippen LogP contribution >= 0.6 is 22.6 Å².